The van der Waals surface area contributed by atoms with Gasteiger partial charge in [0.15, 0.2) is 0 Å². The molecule has 1 aliphatic carbocycles. The van der Waals surface area contributed by atoms with Crippen LogP contribution in [-0.4, -0.2) is 12.8 Å². The van der Waals surface area contributed by atoms with Gasteiger partial charge in [-0.05, 0) is 49.1 Å². The maximum Gasteiger partial charge on any atom is 0.134 e. The molecule has 142 valence electrons. The molecule has 0 heterocycles. The average molecular weight is 349 g/mol. The van der Waals surface area contributed by atoms with Crippen molar-refractivity contribution in [2.75, 3.05) is 6.61 Å². The molecule has 1 saturated carbocycles. The molecule has 0 radical (unpaired) electrons. The predicted molar refractivity (Wildman–Crippen MR) is 105 cm³/mol. The van der Waals surface area contributed by atoms with Crippen molar-refractivity contribution in [3.8, 4) is 5.75 Å². The van der Waals surface area contributed by atoms with Crippen molar-refractivity contribution in [1.29, 1.82) is 0 Å². The van der Waals surface area contributed by atoms with E-state index >= 15 is 0 Å². The highest BCUT2D eigenvalue weighted by Gasteiger charge is 2.29. The summed E-state index contributed by atoms with van der Waals surface area (Å²) in [5, 5.41) is 0. The Kier molecular flexibility index (Phi) is 9.36. The zero-order valence-electron chi connectivity index (χ0n) is 16.3. The Bertz CT molecular complexity index is 439. The van der Waals surface area contributed by atoms with Crippen molar-refractivity contribution >= 4 is 0 Å². The topological polar surface area (TPSA) is 9.23 Å². The van der Waals surface area contributed by atoms with E-state index in [9.17, 15) is 4.39 Å². The van der Waals surface area contributed by atoms with Gasteiger partial charge in [-0.2, -0.15) is 0 Å². The fraction of sp³-hybridized carbons (Fsp3) is 0.739. The van der Waals surface area contributed by atoms with Crippen LogP contribution in [0.1, 0.15) is 78.1 Å². The highest BCUT2D eigenvalue weighted by atomic mass is 19.1. The smallest absolute Gasteiger partial charge is 0.134 e. The third kappa shape index (κ3) is 7.38. The van der Waals surface area contributed by atoms with E-state index in [-0.39, 0.29) is 6.61 Å². The second kappa shape index (κ2) is 11.5. The van der Waals surface area contributed by atoms with Gasteiger partial charge in [0.05, 0.1) is 0 Å². The number of para-hydroxylation sites is 1. The minimum atomic E-state index is -0.851. The first-order valence-electron chi connectivity index (χ1n) is 10.5. The summed E-state index contributed by atoms with van der Waals surface area (Å²) in [6, 6.07) is 9.62. The van der Waals surface area contributed by atoms with Crippen LogP contribution in [0.4, 0.5) is 4.39 Å². The highest BCUT2D eigenvalue weighted by molar-refractivity contribution is 5.20. The number of benzene rings is 1. The second-order valence-corrected chi connectivity index (χ2v) is 7.93. The van der Waals surface area contributed by atoms with Gasteiger partial charge in [-0.1, -0.05) is 77.0 Å². The first-order chi connectivity index (χ1) is 12.2. The Morgan fingerprint density at radius 2 is 1.76 bits per heavy atom. The van der Waals surface area contributed by atoms with Crippen molar-refractivity contribution in [3.05, 3.63) is 30.3 Å². The molecule has 2 heteroatoms. The van der Waals surface area contributed by atoms with Gasteiger partial charge in [-0.3, -0.25) is 0 Å². The number of ether oxygens (including phenoxy) is 1. The fourth-order valence-electron chi connectivity index (χ4n) is 4.47. The lowest BCUT2D eigenvalue weighted by molar-refractivity contribution is 0.119. The first kappa shape index (κ1) is 20.3. The Morgan fingerprint density at radius 1 is 1.04 bits per heavy atom. The second-order valence-electron chi connectivity index (χ2n) is 7.93. The molecule has 2 unspecified atom stereocenters. The number of rotatable bonds is 11. The highest BCUT2D eigenvalue weighted by Crippen LogP contribution is 2.39. The van der Waals surface area contributed by atoms with Crippen LogP contribution in [0.25, 0.3) is 0 Å². The van der Waals surface area contributed by atoms with Crippen molar-refractivity contribution in [2.24, 2.45) is 17.8 Å². The summed E-state index contributed by atoms with van der Waals surface area (Å²) in [4.78, 5) is 0. The van der Waals surface area contributed by atoms with Crippen LogP contribution in [0, 0.1) is 17.8 Å². The van der Waals surface area contributed by atoms with E-state index in [1.165, 1.54) is 57.8 Å². The molecule has 0 spiro atoms. The number of hydrogen-bond acceptors (Lipinski definition) is 1. The number of halogens is 1. The summed E-state index contributed by atoms with van der Waals surface area (Å²) >= 11 is 0. The van der Waals surface area contributed by atoms with Crippen LogP contribution in [0.5, 0.6) is 5.75 Å². The minimum absolute atomic E-state index is 0.192. The molecule has 0 aromatic heterocycles. The molecule has 1 aromatic rings. The quantitative estimate of drug-likeness (QED) is 0.410. The van der Waals surface area contributed by atoms with E-state index in [4.69, 9.17) is 4.74 Å². The van der Waals surface area contributed by atoms with Gasteiger partial charge in [-0.25, -0.2) is 4.39 Å². The van der Waals surface area contributed by atoms with Crippen LogP contribution in [0.3, 0.4) is 0 Å². The molecule has 0 amide bonds. The SMILES string of the molecule is CCCCC(CC(F)COc1ccccc1)[C@H]1CC[C@H](CCC)CC1. The lowest BCUT2D eigenvalue weighted by Crippen LogP contribution is -2.26. The minimum Gasteiger partial charge on any atom is -0.491 e. The van der Waals surface area contributed by atoms with Crippen molar-refractivity contribution in [3.63, 3.8) is 0 Å². The maximum atomic E-state index is 14.6. The maximum absolute atomic E-state index is 14.6. The van der Waals surface area contributed by atoms with Gasteiger partial charge in [0.2, 0.25) is 0 Å². The lowest BCUT2D eigenvalue weighted by atomic mass is 9.72. The Balaban J connectivity index is 1.80. The van der Waals surface area contributed by atoms with Gasteiger partial charge in [0.25, 0.3) is 0 Å². The van der Waals surface area contributed by atoms with Crippen LogP contribution >= 0.6 is 0 Å². The molecule has 2 rings (SSSR count). The summed E-state index contributed by atoms with van der Waals surface area (Å²) in [7, 11) is 0. The molecule has 2 atom stereocenters. The molecule has 1 aliphatic rings. The van der Waals surface area contributed by atoms with E-state index in [0.717, 1.165) is 17.6 Å². The third-order valence-corrected chi connectivity index (χ3v) is 5.92. The molecule has 0 aliphatic heterocycles. The zero-order valence-corrected chi connectivity index (χ0v) is 16.3. The summed E-state index contributed by atoms with van der Waals surface area (Å²) in [6.07, 6.45) is 11.5. The number of unbranched alkanes of at least 4 members (excludes halogenated alkanes) is 1. The molecule has 1 aromatic carbocycles. The Morgan fingerprint density at radius 3 is 2.40 bits per heavy atom. The van der Waals surface area contributed by atoms with Crippen LogP contribution in [-0.2, 0) is 0 Å². The Hall–Kier alpha value is -1.05. The lowest BCUT2D eigenvalue weighted by Gasteiger charge is -2.34. The molecule has 0 saturated heterocycles. The molecular weight excluding hydrogens is 311 g/mol. The largest absolute Gasteiger partial charge is 0.491 e. The molecule has 0 bridgehead atoms. The van der Waals surface area contributed by atoms with E-state index < -0.39 is 6.17 Å². The summed E-state index contributed by atoms with van der Waals surface area (Å²) in [5.74, 6) is 2.97. The number of hydrogen-bond donors (Lipinski definition) is 0. The third-order valence-electron chi connectivity index (χ3n) is 5.92. The monoisotopic (exact) mass is 348 g/mol. The Labute approximate surface area is 154 Å². The van der Waals surface area contributed by atoms with E-state index in [0.29, 0.717) is 12.3 Å². The van der Waals surface area contributed by atoms with Gasteiger partial charge in [-0.15, -0.1) is 0 Å². The van der Waals surface area contributed by atoms with Crippen LogP contribution in [0.2, 0.25) is 0 Å². The average Bonchev–Trinajstić information content (AvgIpc) is 2.65. The van der Waals surface area contributed by atoms with Gasteiger partial charge in [0.1, 0.15) is 18.5 Å². The number of alkyl halides is 1. The molecule has 1 fully saturated rings. The van der Waals surface area contributed by atoms with E-state index in [2.05, 4.69) is 13.8 Å². The van der Waals surface area contributed by atoms with Crippen molar-refractivity contribution in [2.45, 2.75) is 84.2 Å². The molecular formula is C23H37FO. The predicted octanol–water partition coefficient (Wildman–Crippen LogP) is 7.21. The van der Waals surface area contributed by atoms with Crippen molar-refractivity contribution in [1.82, 2.24) is 0 Å². The molecule has 1 nitrogen and oxygen atoms in total. The van der Waals surface area contributed by atoms with Gasteiger partial charge in [0, 0.05) is 0 Å². The summed E-state index contributed by atoms with van der Waals surface area (Å²) < 4.78 is 20.2. The summed E-state index contributed by atoms with van der Waals surface area (Å²) in [6.45, 7) is 4.72. The molecule has 0 N–H and O–H groups in total. The molecule has 25 heavy (non-hydrogen) atoms. The first-order valence-corrected chi connectivity index (χ1v) is 10.5. The van der Waals surface area contributed by atoms with Gasteiger partial charge >= 0.3 is 0 Å². The van der Waals surface area contributed by atoms with Crippen LogP contribution in [0.15, 0.2) is 30.3 Å². The fourth-order valence-corrected chi connectivity index (χ4v) is 4.47. The van der Waals surface area contributed by atoms with E-state index in [1.807, 2.05) is 30.3 Å². The normalized spacial score (nSPS) is 23.2. The van der Waals surface area contributed by atoms with Crippen molar-refractivity contribution < 1.29 is 9.13 Å². The van der Waals surface area contributed by atoms with Gasteiger partial charge < -0.3 is 4.74 Å². The zero-order chi connectivity index (χ0) is 17.9. The standard InChI is InChI=1S/C23H37FO/c1-3-5-10-21(20-15-13-19(9-4-2)14-16-20)17-22(24)18-25-23-11-7-6-8-12-23/h6-8,11-12,19-22H,3-5,9-10,13-18H2,1-2H3/t19-,20-,21?,22?. The van der Waals surface area contributed by atoms with Crippen LogP contribution < -0.4 is 4.74 Å². The van der Waals surface area contributed by atoms with E-state index in [1.54, 1.807) is 0 Å². The summed E-state index contributed by atoms with van der Waals surface area (Å²) in [5.41, 5.74) is 0.